The van der Waals surface area contributed by atoms with E-state index < -0.39 is 22.4 Å². The van der Waals surface area contributed by atoms with Crippen molar-refractivity contribution in [3.8, 4) is 0 Å². The van der Waals surface area contributed by atoms with E-state index in [1.165, 1.54) is 0 Å². The van der Waals surface area contributed by atoms with Crippen LogP contribution < -0.4 is 20.1 Å². The number of benzene rings is 2. The number of ether oxygens (including phenoxy) is 2. The van der Waals surface area contributed by atoms with Gasteiger partial charge < -0.3 is 20.1 Å². The SMILES string of the molecule is O=C(NCc1ccccc1)OCCNS(=O)(=O)NCCOC(=O)NCc1ccccc1. The fraction of sp³-hybridized carbons (Fsp3) is 0.300. The van der Waals surface area contributed by atoms with E-state index in [1.807, 2.05) is 60.7 Å². The highest BCUT2D eigenvalue weighted by atomic mass is 32.2. The highest BCUT2D eigenvalue weighted by molar-refractivity contribution is 7.87. The minimum Gasteiger partial charge on any atom is -0.448 e. The van der Waals surface area contributed by atoms with Crippen LogP contribution in [0.25, 0.3) is 0 Å². The van der Waals surface area contributed by atoms with Gasteiger partial charge in [-0.25, -0.2) is 9.59 Å². The largest absolute Gasteiger partial charge is 0.448 e. The third-order valence-corrected chi connectivity index (χ3v) is 4.98. The molecule has 0 aromatic heterocycles. The van der Waals surface area contributed by atoms with Gasteiger partial charge in [0, 0.05) is 26.2 Å². The summed E-state index contributed by atoms with van der Waals surface area (Å²) in [5.74, 6) is 0. The highest BCUT2D eigenvalue weighted by Crippen LogP contribution is 1.98. The van der Waals surface area contributed by atoms with Crippen molar-refractivity contribution in [1.29, 1.82) is 0 Å². The Morgan fingerprint density at radius 1 is 0.677 bits per heavy atom. The van der Waals surface area contributed by atoms with Gasteiger partial charge in [0.15, 0.2) is 0 Å². The number of hydrogen-bond acceptors (Lipinski definition) is 6. The number of rotatable bonds is 12. The molecule has 0 atom stereocenters. The van der Waals surface area contributed by atoms with Crippen molar-refractivity contribution in [2.24, 2.45) is 0 Å². The maximum Gasteiger partial charge on any atom is 0.407 e. The standard InChI is InChI=1S/C20H26N4O6S/c25-19(21-15-17-7-3-1-4-8-17)29-13-11-23-31(27,28)24-12-14-30-20(26)22-16-18-9-5-2-6-10-18/h1-10,23-24H,11-16H2,(H,21,25)(H,22,26). The van der Waals surface area contributed by atoms with Crippen molar-refractivity contribution in [1.82, 2.24) is 20.1 Å². The predicted octanol–water partition coefficient (Wildman–Crippen LogP) is 1.26. The summed E-state index contributed by atoms with van der Waals surface area (Å²) in [5, 5.41) is 5.12. The van der Waals surface area contributed by atoms with E-state index in [9.17, 15) is 18.0 Å². The number of nitrogens with one attached hydrogen (secondary N) is 4. The van der Waals surface area contributed by atoms with E-state index in [2.05, 4.69) is 20.1 Å². The Hall–Kier alpha value is -3.15. The van der Waals surface area contributed by atoms with Gasteiger partial charge in [-0.2, -0.15) is 17.9 Å². The summed E-state index contributed by atoms with van der Waals surface area (Å²) in [5.41, 5.74) is 1.83. The van der Waals surface area contributed by atoms with Gasteiger partial charge in [-0.3, -0.25) is 0 Å². The van der Waals surface area contributed by atoms with Gasteiger partial charge >= 0.3 is 12.2 Å². The molecule has 0 unspecified atom stereocenters. The average Bonchev–Trinajstić information content (AvgIpc) is 2.78. The van der Waals surface area contributed by atoms with Crippen LogP contribution in [0.2, 0.25) is 0 Å². The van der Waals surface area contributed by atoms with E-state index >= 15 is 0 Å². The lowest BCUT2D eigenvalue weighted by Gasteiger charge is -2.10. The van der Waals surface area contributed by atoms with Crippen molar-refractivity contribution in [3.63, 3.8) is 0 Å². The predicted molar refractivity (Wildman–Crippen MR) is 114 cm³/mol. The van der Waals surface area contributed by atoms with Gasteiger partial charge in [0.1, 0.15) is 13.2 Å². The van der Waals surface area contributed by atoms with Crippen molar-refractivity contribution >= 4 is 22.4 Å². The summed E-state index contributed by atoms with van der Waals surface area (Å²) < 4.78 is 37.9. The van der Waals surface area contributed by atoms with Crippen LogP contribution in [0, 0.1) is 0 Å². The fourth-order valence-electron chi connectivity index (χ4n) is 2.33. The maximum atomic E-state index is 11.8. The molecule has 0 saturated carbocycles. The molecule has 0 aliphatic heterocycles. The van der Waals surface area contributed by atoms with Gasteiger partial charge in [0.05, 0.1) is 0 Å². The zero-order valence-electron chi connectivity index (χ0n) is 16.9. The van der Waals surface area contributed by atoms with Crippen molar-refractivity contribution < 1.29 is 27.5 Å². The first kappa shape index (κ1) is 24.1. The molecular weight excluding hydrogens is 424 g/mol. The van der Waals surface area contributed by atoms with E-state index in [0.717, 1.165) is 11.1 Å². The molecular formula is C20H26N4O6S. The number of alkyl carbamates (subject to hydrolysis) is 2. The average molecular weight is 451 g/mol. The molecule has 0 aliphatic rings. The summed E-state index contributed by atoms with van der Waals surface area (Å²) in [7, 11) is -3.81. The third-order valence-electron chi connectivity index (χ3n) is 3.81. The summed E-state index contributed by atoms with van der Waals surface area (Å²) in [4.78, 5) is 23.2. The maximum absolute atomic E-state index is 11.8. The highest BCUT2D eigenvalue weighted by Gasteiger charge is 2.10. The first-order valence-electron chi connectivity index (χ1n) is 9.58. The Bertz CT molecular complexity index is 840. The summed E-state index contributed by atoms with van der Waals surface area (Å²) in [6.07, 6.45) is -1.29. The molecule has 0 saturated heterocycles. The van der Waals surface area contributed by atoms with Crippen LogP contribution in [0.4, 0.5) is 9.59 Å². The Labute approximate surface area is 181 Å². The molecule has 2 aromatic rings. The van der Waals surface area contributed by atoms with E-state index in [1.54, 1.807) is 0 Å². The molecule has 0 spiro atoms. The van der Waals surface area contributed by atoms with Crippen LogP contribution in [0.15, 0.2) is 60.7 Å². The van der Waals surface area contributed by atoms with Gasteiger partial charge in [0.25, 0.3) is 10.2 Å². The van der Waals surface area contributed by atoms with Crippen LogP contribution >= 0.6 is 0 Å². The molecule has 0 radical (unpaired) electrons. The molecule has 2 aromatic carbocycles. The van der Waals surface area contributed by atoms with Gasteiger partial charge in [-0.1, -0.05) is 60.7 Å². The molecule has 0 bridgehead atoms. The van der Waals surface area contributed by atoms with Crippen LogP contribution in [-0.2, 0) is 32.8 Å². The third kappa shape index (κ3) is 11.0. The molecule has 0 heterocycles. The molecule has 0 aliphatic carbocycles. The monoisotopic (exact) mass is 450 g/mol. The minimum atomic E-state index is -3.81. The molecule has 168 valence electrons. The molecule has 10 nitrogen and oxygen atoms in total. The molecule has 31 heavy (non-hydrogen) atoms. The molecule has 4 N–H and O–H groups in total. The van der Waals surface area contributed by atoms with Crippen molar-refractivity contribution in [2.45, 2.75) is 13.1 Å². The zero-order valence-corrected chi connectivity index (χ0v) is 17.7. The molecule has 2 rings (SSSR count). The smallest absolute Gasteiger partial charge is 0.407 e. The number of hydrogen-bond donors (Lipinski definition) is 4. The van der Waals surface area contributed by atoms with Gasteiger partial charge in [-0.05, 0) is 11.1 Å². The van der Waals surface area contributed by atoms with E-state index in [4.69, 9.17) is 9.47 Å². The first-order chi connectivity index (χ1) is 14.9. The fourth-order valence-corrected chi connectivity index (χ4v) is 3.14. The Kier molecular flexibility index (Phi) is 10.3. The second-order valence-electron chi connectivity index (χ2n) is 6.24. The Morgan fingerprint density at radius 2 is 1.06 bits per heavy atom. The number of carbonyl (C=O) groups excluding carboxylic acids is 2. The van der Waals surface area contributed by atoms with E-state index in [0.29, 0.717) is 13.1 Å². The Morgan fingerprint density at radius 3 is 1.45 bits per heavy atom. The molecule has 2 amide bonds. The summed E-state index contributed by atoms with van der Waals surface area (Å²) in [6.45, 7) is 0.136. The van der Waals surface area contributed by atoms with Gasteiger partial charge in [-0.15, -0.1) is 0 Å². The second-order valence-corrected chi connectivity index (χ2v) is 7.83. The lowest BCUT2D eigenvalue weighted by atomic mass is 10.2. The summed E-state index contributed by atoms with van der Waals surface area (Å²) >= 11 is 0. The lowest BCUT2D eigenvalue weighted by Crippen LogP contribution is -2.40. The van der Waals surface area contributed by atoms with Crippen molar-refractivity contribution in [3.05, 3.63) is 71.8 Å². The number of amides is 2. The van der Waals surface area contributed by atoms with Crippen molar-refractivity contribution in [2.75, 3.05) is 26.3 Å². The van der Waals surface area contributed by atoms with E-state index in [-0.39, 0.29) is 26.3 Å². The quantitative estimate of drug-likeness (QED) is 0.360. The zero-order chi connectivity index (χ0) is 22.4. The first-order valence-corrected chi connectivity index (χ1v) is 11.1. The topological polar surface area (TPSA) is 135 Å². The lowest BCUT2D eigenvalue weighted by molar-refractivity contribution is 0.147. The normalized spacial score (nSPS) is 10.8. The van der Waals surface area contributed by atoms with Crippen LogP contribution in [0.1, 0.15) is 11.1 Å². The number of carbonyl (C=O) groups is 2. The summed E-state index contributed by atoms with van der Waals surface area (Å²) in [6, 6.07) is 18.6. The minimum absolute atomic E-state index is 0.105. The Balaban J connectivity index is 1.50. The second kappa shape index (κ2) is 13.2. The van der Waals surface area contributed by atoms with Crippen LogP contribution in [0.5, 0.6) is 0 Å². The van der Waals surface area contributed by atoms with Crippen LogP contribution in [-0.4, -0.2) is 46.9 Å². The molecule has 11 heteroatoms. The molecule has 0 fully saturated rings. The van der Waals surface area contributed by atoms with Crippen LogP contribution in [0.3, 0.4) is 0 Å². The van der Waals surface area contributed by atoms with Gasteiger partial charge in [0.2, 0.25) is 0 Å².